The van der Waals surface area contributed by atoms with Gasteiger partial charge in [0.1, 0.15) is 5.82 Å². The van der Waals surface area contributed by atoms with Crippen LogP contribution < -0.4 is 0 Å². The van der Waals surface area contributed by atoms with Crippen LogP contribution in [0.15, 0.2) is 27.2 Å². The maximum Gasteiger partial charge on any atom is 0.237 e. The molecule has 1 aliphatic rings. The monoisotopic (exact) mass is 375 g/mol. The second kappa shape index (κ2) is 7.29. The molecule has 0 unspecified atom stereocenters. The molecular formula is C17H21N5OS2. The molecule has 1 fully saturated rings. The first-order valence-corrected chi connectivity index (χ1v) is 10.5. The maximum absolute atomic E-state index is 5.36. The zero-order valence-electron chi connectivity index (χ0n) is 14.4. The van der Waals surface area contributed by atoms with Crippen LogP contribution in [0.25, 0.3) is 0 Å². The highest BCUT2D eigenvalue weighted by Crippen LogP contribution is 2.39. The molecule has 25 heavy (non-hydrogen) atoms. The molecule has 0 amide bonds. The summed E-state index contributed by atoms with van der Waals surface area (Å²) >= 11 is 3.40. The second-order valence-electron chi connectivity index (χ2n) is 6.75. The smallest absolute Gasteiger partial charge is 0.237 e. The standard InChI is InChI=1S/C17H21N5OS2/c1-11(2)8-14-18-16(23-21-14)10-25-17-20-19-15(22(17)12-5-6-12)9-13-4-3-7-24-13/h3-4,7,11-12H,5-6,8-10H2,1-2H3. The van der Waals surface area contributed by atoms with Crippen molar-refractivity contribution >= 4 is 23.1 Å². The van der Waals surface area contributed by atoms with Gasteiger partial charge in [-0.25, -0.2) is 0 Å². The molecule has 6 nitrogen and oxygen atoms in total. The molecule has 1 aliphatic carbocycles. The van der Waals surface area contributed by atoms with E-state index in [1.54, 1.807) is 23.1 Å². The van der Waals surface area contributed by atoms with E-state index in [1.165, 1.54) is 17.7 Å². The summed E-state index contributed by atoms with van der Waals surface area (Å²) in [5.41, 5.74) is 0. The van der Waals surface area contributed by atoms with Crippen LogP contribution in [-0.4, -0.2) is 24.9 Å². The number of hydrogen-bond acceptors (Lipinski definition) is 7. The lowest BCUT2D eigenvalue weighted by Crippen LogP contribution is -2.03. The van der Waals surface area contributed by atoms with Gasteiger partial charge in [-0.1, -0.05) is 36.8 Å². The summed E-state index contributed by atoms with van der Waals surface area (Å²) < 4.78 is 7.66. The Bertz CT molecular complexity index is 820. The number of aromatic nitrogens is 5. The Balaban J connectivity index is 1.45. The molecule has 1 saturated carbocycles. The Labute approximate surface area is 155 Å². The van der Waals surface area contributed by atoms with Gasteiger partial charge in [0.15, 0.2) is 11.0 Å². The van der Waals surface area contributed by atoms with Gasteiger partial charge in [-0.3, -0.25) is 0 Å². The summed E-state index contributed by atoms with van der Waals surface area (Å²) in [5, 5.41) is 16.0. The van der Waals surface area contributed by atoms with Crippen molar-refractivity contribution in [1.82, 2.24) is 24.9 Å². The summed E-state index contributed by atoms with van der Waals surface area (Å²) in [6.07, 6.45) is 4.11. The minimum Gasteiger partial charge on any atom is -0.338 e. The van der Waals surface area contributed by atoms with Crippen LogP contribution in [0.5, 0.6) is 0 Å². The first kappa shape index (κ1) is 16.8. The summed E-state index contributed by atoms with van der Waals surface area (Å²) in [6.45, 7) is 4.30. The molecule has 0 aromatic carbocycles. The van der Waals surface area contributed by atoms with Crippen molar-refractivity contribution in [3.63, 3.8) is 0 Å². The zero-order chi connectivity index (χ0) is 17.2. The number of hydrogen-bond donors (Lipinski definition) is 0. The van der Waals surface area contributed by atoms with Gasteiger partial charge >= 0.3 is 0 Å². The molecule has 0 saturated heterocycles. The second-order valence-corrected chi connectivity index (χ2v) is 8.72. The molecule has 0 N–H and O–H groups in total. The molecule has 0 aliphatic heterocycles. The SMILES string of the molecule is CC(C)Cc1noc(CSc2nnc(Cc3cccs3)n2C2CC2)n1. The number of thiophene rings is 1. The van der Waals surface area contributed by atoms with Gasteiger partial charge in [0.25, 0.3) is 0 Å². The third kappa shape index (κ3) is 4.12. The van der Waals surface area contributed by atoms with E-state index >= 15 is 0 Å². The van der Waals surface area contributed by atoms with Gasteiger partial charge in [0.2, 0.25) is 5.89 Å². The average Bonchev–Trinajstić information content (AvgIpc) is 2.99. The normalized spacial score (nSPS) is 14.5. The number of nitrogens with zero attached hydrogens (tertiary/aromatic N) is 5. The van der Waals surface area contributed by atoms with Gasteiger partial charge in [0.05, 0.1) is 5.75 Å². The van der Waals surface area contributed by atoms with Crippen LogP contribution in [-0.2, 0) is 18.6 Å². The van der Waals surface area contributed by atoms with Crippen molar-refractivity contribution in [1.29, 1.82) is 0 Å². The van der Waals surface area contributed by atoms with Crippen molar-refractivity contribution < 1.29 is 4.52 Å². The fourth-order valence-corrected chi connectivity index (χ4v) is 4.28. The van der Waals surface area contributed by atoms with Crippen molar-refractivity contribution in [3.05, 3.63) is 39.9 Å². The van der Waals surface area contributed by atoms with E-state index in [-0.39, 0.29) is 0 Å². The van der Waals surface area contributed by atoms with E-state index in [1.807, 2.05) is 0 Å². The molecule has 0 bridgehead atoms. The first-order valence-electron chi connectivity index (χ1n) is 8.59. The predicted molar refractivity (Wildman–Crippen MR) is 97.8 cm³/mol. The molecule has 0 spiro atoms. The molecule has 3 heterocycles. The Morgan fingerprint density at radius 2 is 2.24 bits per heavy atom. The highest BCUT2D eigenvalue weighted by molar-refractivity contribution is 7.98. The number of thioether (sulfide) groups is 1. The summed E-state index contributed by atoms with van der Waals surface area (Å²) in [4.78, 5) is 5.79. The minimum absolute atomic E-state index is 0.524. The van der Waals surface area contributed by atoms with Crippen LogP contribution in [0.2, 0.25) is 0 Å². The van der Waals surface area contributed by atoms with Crippen molar-refractivity contribution in [2.45, 2.75) is 56.5 Å². The number of rotatable bonds is 8. The zero-order valence-corrected chi connectivity index (χ0v) is 16.0. The fourth-order valence-electron chi connectivity index (χ4n) is 2.72. The van der Waals surface area contributed by atoms with Crippen molar-refractivity contribution in [3.8, 4) is 0 Å². The Kier molecular flexibility index (Phi) is 4.89. The third-order valence-corrected chi connectivity index (χ3v) is 5.79. The molecule has 132 valence electrons. The van der Waals surface area contributed by atoms with Gasteiger partial charge < -0.3 is 9.09 Å². The molecule has 4 rings (SSSR count). The van der Waals surface area contributed by atoms with E-state index in [0.717, 1.165) is 29.6 Å². The van der Waals surface area contributed by atoms with Crippen molar-refractivity contribution in [2.75, 3.05) is 0 Å². The van der Waals surface area contributed by atoms with Crippen LogP contribution in [0.1, 0.15) is 55.1 Å². The molecule has 0 radical (unpaired) electrons. The maximum atomic E-state index is 5.36. The van der Waals surface area contributed by atoms with Gasteiger partial charge in [0, 0.05) is 23.8 Å². The molecule has 3 aromatic heterocycles. The van der Waals surface area contributed by atoms with Gasteiger partial charge in [-0.05, 0) is 30.2 Å². The van der Waals surface area contributed by atoms with Crippen LogP contribution in [0, 0.1) is 5.92 Å². The van der Waals surface area contributed by atoms with Crippen LogP contribution in [0.4, 0.5) is 0 Å². The highest BCUT2D eigenvalue weighted by atomic mass is 32.2. The quantitative estimate of drug-likeness (QED) is 0.551. The topological polar surface area (TPSA) is 69.6 Å². The fraction of sp³-hybridized carbons (Fsp3) is 0.529. The minimum atomic E-state index is 0.524. The van der Waals surface area contributed by atoms with E-state index in [4.69, 9.17) is 4.52 Å². The lowest BCUT2D eigenvalue weighted by Gasteiger charge is -2.07. The highest BCUT2D eigenvalue weighted by Gasteiger charge is 2.30. The average molecular weight is 376 g/mol. The van der Waals surface area contributed by atoms with E-state index in [0.29, 0.717) is 23.6 Å². The summed E-state index contributed by atoms with van der Waals surface area (Å²) in [6, 6.07) is 4.78. The van der Waals surface area contributed by atoms with Crippen LogP contribution in [0.3, 0.4) is 0 Å². The van der Waals surface area contributed by atoms with Gasteiger partial charge in [-0.2, -0.15) is 4.98 Å². The lowest BCUT2D eigenvalue weighted by molar-refractivity contribution is 0.382. The van der Waals surface area contributed by atoms with Crippen molar-refractivity contribution in [2.24, 2.45) is 5.92 Å². The Morgan fingerprint density at radius 3 is 2.96 bits per heavy atom. The van der Waals surface area contributed by atoms with E-state index in [2.05, 4.69) is 56.3 Å². The first-order chi connectivity index (χ1) is 12.2. The molecule has 0 atom stereocenters. The molecular weight excluding hydrogens is 354 g/mol. The van der Waals surface area contributed by atoms with Crippen LogP contribution >= 0.6 is 23.1 Å². The van der Waals surface area contributed by atoms with E-state index in [9.17, 15) is 0 Å². The molecule has 3 aromatic rings. The lowest BCUT2D eigenvalue weighted by atomic mass is 10.1. The summed E-state index contributed by atoms with van der Waals surface area (Å²) in [7, 11) is 0. The predicted octanol–water partition coefficient (Wildman–Crippen LogP) is 4.14. The largest absolute Gasteiger partial charge is 0.338 e. The summed E-state index contributed by atoms with van der Waals surface area (Å²) in [5.74, 6) is 3.65. The molecule has 8 heteroatoms. The third-order valence-electron chi connectivity index (χ3n) is 3.99. The Hall–Kier alpha value is -1.67. The Morgan fingerprint density at radius 1 is 1.36 bits per heavy atom. The van der Waals surface area contributed by atoms with Gasteiger partial charge in [-0.15, -0.1) is 21.5 Å². The van der Waals surface area contributed by atoms with E-state index < -0.39 is 0 Å².